The van der Waals surface area contributed by atoms with Gasteiger partial charge >= 0.3 is 12.0 Å². The molecule has 37 heavy (non-hydrogen) atoms. The molecule has 0 atom stereocenters. The number of benzene rings is 1. The normalized spacial score (nSPS) is 15.4. The van der Waals surface area contributed by atoms with Crippen LogP contribution in [0.4, 0.5) is 5.69 Å². The first kappa shape index (κ1) is 24.7. The van der Waals surface area contributed by atoms with E-state index in [2.05, 4.69) is 24.7 Å². The number of carbonyl (C=O) groups is 1. The lowest BCUT2D eigenvalue weighted by atomic mass is 10.1. The van der Waals surface area contributed by atoms with E-state index in [9.17, 15) is 23.8 Å². The molecule has 0 saturated carbocycles. The van der Waals surface area contributed by atoms with Crippen molar-refractivity contribution in [3.8, 4) is 11.8 Å². The molecule has 5 rings (SSSR count). The third-order valence-electron chi connectivity index (χ3n) is 5.99. The number of aromatic amines is 1. The maximum absolute atomic E-state index is 13.6. The van der Waals surface area contributed by atoms with Gasteiger partial charge in [-0.1, -0.05) is 31.5 Å². The number of hydrogen-bond acceptors (Lipinski definition) is 10. The van der Waals surface area contributed by atoms with Crippen LogP contribution in [0.1, 0.15) is 39.2 Å². The van der Waals surface area contributed by atoms with Gasteiger partial charge in [-0.2, -0.15) is 4.98 Å². The summed E-state index contributed by atoms with van der Waals surface area (Å²) in [4.78, 5) is 36.6. The van der Waals surface area contributed by atoms with Gasteiger partial charge in [-0.15, -0.1) is 4.40 Å². The zero-order valence-electron chi connectivity index (χ0n) is 20.3. The van der Waals surface area contributed by atoms with Crippen LogP contribution < -0.4 is 15.6 Å². The third-order valence-corrected chi connectivity index (χ3v) is 7.39. The average Bonchev–Trinajstić information content (AvgIpc) is 3.25. The van der Waals surface area contributed by atoms with Crippen molar-refractivity contribution >= 4 is 50.3 Å². The van der Waals surface area contributed by atoms with E-state index in [1.807, 2.05) is 13.8 Å². The van der Waals surface area contributed by atoms with E-state index < -0.39 is 22.3 Å². The Morgan fingerprint density at radius 2 is 2.03 bits per heavy atom. The zero-order valence-corrected chi connectivity index (χ0v) is 21.2. The lowest BCUT2D eigenvalue weighted by molar-refractivity contribution is -0.134. The molecule has 194 valence electrons. The van der Waals surface area contributed by atoms with E-state index >= 15 is 0 Å². The number of rotatable bonds is 6. The molecule has 0 fully saturated rings. The van der Waals surface area contributed by atoms with Gasteiger partial charge in [0.1, 0.15) is 27.4 Å². The van der Waals surface area contributed by atoms with Crippen LogP contribution in [0.5, 0.6) is 11.8 Å². The summed E-state index contributed by atoms with van der Waals surface area (Å²) in [6.45, 7) is 6.06. The number of amidine groups is 1. The van der Waals surface area contributed by atoms with Crippen molar-refractivity contribution in [2.45, 2.75) is 45.1 Å². The van der Waals surface area contributed by atoms with E-state index in [0.717, 1.165) is 0 Å². The molecule has 4 heterocycles. The Kier molecular flexibility index (Phi) is 6.14. The lowest BCUT2D eigenvalue weighted by Gasteiger charge is -2.34. The molecule has 0 spiro atoms. The maximum atomic E-state index is 13.6. The molecule has 5 N–H and O–H groups in total. The van der Waals surface area contributed by atoms with Crippen LogP contribution in [-0.2, 0) is 11.3 Å². The minimum Gasteiger partial charge on any atom is -0.506 e. The summed E-state index contributed by atoms with van der Waals surface area (Å²) < 4.78 is 32.8. The Morgan fingerprint density at radius 3 is 2.76 bits per heavy atom. The summed E-state index contributed by atoms with van der Waals surface area (Å²) in [6, 6.07) is 6.35. The van der Waals surface area contributed by atoms with Crippen molar-refractivity contribution in [1.29, 1.82) is 0 Å². The molecule has 0 aliphatic carbocycles. The summed E-state index contributed by atoms with van der Waals surface area (Å²) in [6.07, 6.45) is 2.37. The van der Waals surface area contributed by atoms with E-state index in [0.29, 0.717) is 35.4 Å². The smallest absolute Gasteiger partial charge is 0.313 e. The number of nitrogens with zero attached hydrogens (tertiary/aromatic N) is 4. The number of nitrogens with one attached hydrogen (secondary N) is 2. The van der Waals surface area contributed by atoms with Crippen LogP contribution >= 0.6 is 10.8 Å². The molecular formula is C24H26N6O6S. The number of aromatic nitrogens is 4. The molecule has 1 aliphatic rings. The summed E-state index contributed by atoms with van der Waals surface area (Å²) in [7, 11) is -3.88. The Morgan fingerprint density at radius 1 is 1.24 bits per heavy atom. The van der Waals surface area contributed by atoms with Gasteiger partial charge in [-0.3, -0.25) is 23.3 Å². The molecular weight excluding hydrogens is 500 g/mol. The monoisotopic (exact) mass is 526 g/mol. The highest BCUT2D eigenvalue weighted by Crippen LogP contribution is 2.58. The number of anilines is 1. The summed E-state index contributed by atoms with van der Waals surface area (Å²) in [5, 5.41) is 14.4. The molecule has 1 aromatic carbocycles. The number of aryl methyl sites for hydroxylation is 1. The molecule has 3 aromatic heterocycles. The second kappa shape index (κ2) is 9.18. The maximum Gasteiger partial charge on any atom is 0.313 e. The summed E-state index contributed by atoms with van der Waals surface area (Å²) in [5.41, 5.74) is 0.335. The molecule has 13 heteroatoms. The molecule has 0 amide bonds. The molecule has 0 saturated heterocycles. The van der Waals surface area contributed by atoms with Crippen molar-refractivity contribution in [2.75, 3.05) is 5.32 Å². The highest BCUT2D eigenvalue weighted by Gasteiger charge is 2.33. The third kappa shape index (κ3) is 4.30. The molecule has 0 bridgehead atoms. The van der Waals surface area contributed by atoms with Crippen molar-refractivity contribution in [2.24, 2.45) is 10.3 Å². The highest BCUT2D eigenvalue weighted by atomic mass is 32.3. The van der Waals surface area contributed by atoms with Crippen molar-refractivity contribution in [1.82, 2.24) is 19.5 Å². The van der Waals surface area contributed by atoms with Crippen LogP contribution in [0.25, 0.3) is 22.1 Å². The fourth-order valence-electron chi connectivity index (χ4n) is 4.14. The SMILES string of the molecule is CCC(=O)Oc1nc2c3c(ccc2[nH]1)NC(c1c(O)c2cccnc2n(CCC(C)C)c1=O)=NS3(O)O. The van der Waals surface area contributed by atoms with Gasteiger partial charge in [-0.05, 0) is 36.6 Å². The Balaban J connectivity index is 1.66. The number of hydrogen-bond donors (Lipinski definition) is 5. The fraction of sp³-hybridized carbons (Fsp3) is 0.292. The van der Waals surface area contributed by atoms with Gasteiger partial charge in [0.05, 0.1) is 16.6 Å². The minimum absolute atomic E-state index is 0.0223. The number of H-pyrrole nitrogens is 1. The van der Waals surface area contributed by atoms with Gasteiger partial charge in [-0.25, -0.2) is 4.98 Å². The van der Waals surface area contributed by atoms with E-state index in [1.54, 1.807) is 31.2 Å². The first-order chi connectivity index (χ1) is 17.6. The van der Waals surface area contributed by atoms with E-state index in [-0.39, 0.29) is 45.7 Å². The fourth-order valence-corrected chi connectivity index (χ4v) is 5.45. The molecule has 0 unspecified atom stereocenters. The molecule has 12 nitrogen and oxygen atoms in total. The van der Waals surface area contributed by atoms with Crippen LogP contribution in [-0.4, -0.2) is 45.5 Å². The van der Waals surface area contributed by atoms with E-state index in [1.165, 1.54) is 10.8 Å². The van der Waals surface area contributed by atoms with Gasteiger partial charge in [0.15, 0.2) is 5.84 Å². The first-order valence-electron chi connectivity index (χ1n) is 11.7. The minimum atomic E-state index is -3.88. The molecule has 0 radical (unpaired) electrons. The zero-order chi connectivity index (χ0) is 26.5. The lowest BCUT2D eigenvalue weighted by Crippen LogP contribution is -2.32. The van der Waals surface area contributed by atoms with E-state index in [4.69, 9.17) is 4.74 Å². The van der Waals surface area contributed by atoms with Crippen LogP contribution in [0.15, 0.2) is 44.6 Å². The second-order valence-corrected chi connectivity index (χ2v) is 10.7. The Labute approximate surface area is 212 Å². The summed E-state index contributed by atoms with van der Waals surface area (Å²) in [5.74, 6) is -0.752. The molecule has 1 aliphatic heterocycles. The largest absolute Gasteiger partial charge is 0.506 e. The standard InChI is InChI=1S/C24H26N6O6S/c1-4-16(31)36-24-27-14-7-8-15-20(18(14)28-24)37(34,35)29-21(26-15)17-19(32)13-6-5-10-25-22(13)30(23(17)33)11-9-12(2)3/h5-8,10,12,32,34-35H,4,9,11H2,1-3H3,(H,26,29)(H,27,28). The second-order valence-electron chi connectivity index (χ2n) is 9.03. The van der Waals surface area contributed by atoms with Gasteiger partial charge < -0.3 is 20.1 Å². The Hall–Kier alpha value is -3.94. The van der Waals surface area contributed by atoms with Crippen LogP contribution in [0.3, 0.4) is 0 Å². The van der Waals surface area contributed by atoms with Crippen molar-refractivity contribution < 1.29 is 23.7 Å². The predicted octanol–water partition coefficient (Wildman–Crippen LogP) is 4.24. The van der Waals surface area contributed by atoms with Crippen molar-refractivity contribution in [3.63, 3.8) is 0 Å². The van der Waals surface area contributed by atoms with Gasteiger partial charge in [0.2, 0.25) is 0 Å². The van der Waals surface area contributed by atoms with Crippen LogP contribution in [0, 0.1) is 5.92 Å². The number of carbonyl (C=O) groups excluding carboxylic acids is 1. The quantitative estimate of drug-likeness (QED) is 0.230. The van der Waals surface area contributed by atoms with Gasteiger partial charge in [0, 0.05) is 19.2 Å². The summed E-state index contributed by atoms with van der Waals surface area (Å²) >= 11 is 0. The predicted molar refractivity (Wildman–Crippen MR) is 140 cm³/mol. The number of esters is 1. The Bertz CT molecular complexity index is 1640. The number of aromatic hydroxyl groups is 1. The molecule has 4 aromatic rings. The number of imidazole rings is 1. The van der Waals surface area contributed by atoms with Crippen molar-refractivity contribution in [3.05, 3.63) is 46.4 Å². The van der Waals surface area contributed by atoms with Gasteiger partial charge in [0.25, 0.3) is 5.56 Å². The average molecular weight is 527 g/mol. The number of ether oxygens (including phenoxy) is 1. The number of pyridine rings is 2. The number of fused-ring (bicyclic) bond motifs is 4. The topological polar surface area (TPSA) is 175 Å². The first-order valence-corrected chi connectivity index (χ1v) is 13.2. The van der Waals surface area contributed by atoms with Crippen LogP contribution in [0.2, 0.25) is 0 Å². The highest BCUT2D eigenvalue weighted by molar-refractivity contribution is 8.23.